The first-order chi connectivity index (χ1) is 18.5. The third-order valence-corrected chi connectivity index (χ3v) is 10.8. The van der Waals surface area contributed by atoms with Crippen molar-refractivity contribution in [2.75, 3.05) is 6.61 Å². The maximum absolute atomic E-state index is 12.4. The number of carbonyl (C=O) groups excluding carboxylic acids is 1. The summed E-state index contributed by atoms with van der Waals surface area (Å²) in [5.41, 5.74) is 4.03. The van der Waals surface area contributed by atoms with Gasteiger partial charge in [-0.15, -0.1) is 0 Å². The van der Waals surface area contributed by atoms with Crippen LogP contribution >= 0.6 is 0 Å². The molecule has 0 unspecified atom stereocenters. The highest BCUT2D eigenvalue weighted by Gasteiger charge is 2.52. The predicted molar refractivity (Wildman–Crippen MR) is 156 cm³/mol. The fourth-order valence-electron chi connectivity index (χ4n) is 8.66. The number of hydrogen-bond donors (Lipinski definition) is 3. The van der Waals surface area contributed by atoms with E-state index in [1.807, 2.05) is 0 Å². The summed E-state index contributed by atoms with van der Waals surface area (Å²) < 4.78 is 5.85. The molecular formula is C34H52O5. The van der Waals surface area contributed by atoms with Crippen LogP contribution in [0.25, 0.3) is 0 Å². The number of aliphatic hydroxyl groups is 3. The molecular weight excluding hydrogens is 488 g/mol. The van der Waals surface area contributed by atoms with Gasteiger partial charge in [-0.05, 0) is 104 Å². The van der Waals surface area contributed by atoms with Gasteiger partial charge >= 0.3 is 5.97 Å². The normalized spacial score (nSPS) is 40.0. The van der Waals surface area contributed by atoms with Crippen molar-refractivity contribution in [2.24, 2.45) is 40.9 Å². The van der Waals surface area contributed by atoms with E-state index in [4.69, 9.17) is 4.74 Å². The lowest BCUT2D eigenvalue weighted by molar-refractivity contribution is -0.140. The third-order valence-electron chi connectivity index (χ3n) is 10.8. The maximum atomic E-state index is 12.4. The number of aliphatic hydroxyl groups excluding tert-OH is 3. The molecule has 4 aliphatic rings. The zero-order chi connectivity index (χ0) is 28.5. The second-order valence-electron chi connectivity index (χ2n) is 13.7. The molecule has 3 aliphatic carbocycles. The lowest BCUT2D eigenvalue weighted by Crippen LogP contribution is -2.38. The molecule has 5 nitrogen and oxygen atoms in total. The first kappa shape index (κ1) is 30.3. The highest BCUT2D eigenvalue weighted by atomic mass is 16.6. The Morgan fingerprint density at radius 1 is 1.10 bits per heavy atom. The minimum atomic E-state index is -0.765. The molecule has 1 aliphatic heterocycles. The van der Waals surface area contributed by atoms with E-state index in [0.717, 1.165) is 24.8 Å². The van der Waals surface area contributed by atoms with E-state index in [2.05, 4.69) is 53.0 Å². The van der Waals surface area contributed by atoms with Crippen LogP contribution in [0.15, 0.2) is 47.6 Å². The summed E-state index contributed by atoms with van der Waals surface area (Å²) in [6, 6.07) is 0. The second kappa shape index (κ2) is 12.4. The van der Waals surface area contributed by atoms with E-state index in [0.29, 0.717) is 54.1 Å². The van der Waals surface area contributed by atoms with Gasteiger partial charge in [0.15, 0.2) is 0 Å². The lowest BCUT2D eigenvalue weighted by Gasteiger charge is -2.45. The molecule has 1 heterocycles. The Morgan fingerprint density at radius 2 is 1.85 bits per heavy atom. The zero-order valence-corrected chi connectivity index (χ0v) is 24.7. The fraction of sp³-hybridized carbons (Fsp3) is 0.735. The van der Waals surface area contributed by atoms with Crippen LogP contribution in [-0.2, 0) is 9.53 Å². The van der Waals surface area contributed by atoms with Crippen LogP contribution in [0.3, 0.4) is 0 Å². The molecule has 9 atom stereocenters. The summed E-state index contributed by atoms with van der Waals surface area (Å²) >= 11 is 0. The van der Waals surface area contributed by atoms with Gasteiger partial charge in [-0.2, -0.15) is 0 Å². The smallest absolute Gasteiger partial charge is 0.334 e. The van der Waals surface area contributed by atoms with Gasteiger partial charge in [0.25, 0.3) is 0 Å². The Bertz CT molecular complexity index is 992. The van der Waals surface area contributed by atoms with Crippen LogP contribution in [0.4, 0.5) is 0 Å². The average molecular weight is 541 g/mol. The van der Waals surface area contributed by atoms with Gasteiger partial charge in [0.05, 0.1) is 12.2 Å². The van der Waals surface area contributed by atoms with Crippen LogP contribution in [0.1, 0.15) is 91.9 Å². The molecule has 1 saturated heterocycles. The predicted octanol–water partition coefficient (Wildman–Crippen LogP) is 6.30. The van der Waals surface area contributed by atoms with E-state index in [1.165, 1.54) is 31.3 Å². The van der Waals surface area contributed by atoms with E-state index >= 15 is 0 Å². The topological polar surface area (TPSA) is 87.0 Å². The number of rotatable bonds is 9. The fourth-order valence-corrected chi connectivity index (χ4v) is 8.66. The van der Waals surface area contributed by atoms with E-state index < -0.39 is 12.2 Å². The number of carbonyl (C=O) groups is 1. The average Bonchev–Trinajstić information content (AvgIpc) is 3.36. The van der Waals surface area contributed by atoms with Crippen LogP contribution < -0.4 is 0 Å². The quantitative estimate of drug-likeness (QED) is 0.236. The minimum Gasteiger partial charge on any atom is -0.458 e. The van der Waals surface area contributed by atoms with Gasteiger partial charge in [-0.1, -0.05) is 58.6 Å². The monoisotopic (exact) mass is 540 g/mol. The summed E-state index contributed by atoms with van der Waals surface area (Å²) in [5, 5.41) is 30.7. The molecule has 0 amide bonds. The Kier molecular flexibility index (Phi) is 9.66. The van der Waals surface area contributed by atoms with E-state index in [1.54, 1.807) is 0 Å². The molecule has 4 rings (SSSR count). The highest BCUT2D eigenvalue weighted by Crippen LogP contribution is 2.60. The summed E-state index contributed by atoms with van der Waals surface area (Å²) in [7, 11) is 0. The first-order valence-corrected chi connectivity index (χ1v) is 15.4. The summed E-state index contributed by atoms with van der Waals surface area (Å²) in [5.74, 6) is 1.76. The van der Waals surface area contributed by atoms with Gasteiger partial charge in [0.2, 0.25) is 0 Å². The number of ether oxygens (including phenoxy) is 1. The van der Waals surface area contributed by atoms with E-state index in [-0.39, 0.29) is 35.9 Å². The molecule has 4 fully saturated rings. The Hall–Kier alpha value is -1.69. The Labute approximate surface area is 236 Å². The summed E-state index contributed by atoms with van der Waals surface area (Å²) in [6.07, 6.45) is 12.3. The van der Waals surface area contributed by atoms with Crippen molar-refractivity contribution < 1.29 is 24.9 Å². The third kappa shape index (κ3) is 6.16. The van der Waals surface area contributed by atoms with E-state index in [9.17, 15) is 20.1 Å². The lowest BCUT2D eigenvalue weighted by atomic mass is 9.60. The molecule has 39 heavy (non-hydrogen) atoms. The SMILES string of the molecule is C=C1C(=CC=C2CCC[C@]3(C)[C@@H]([C@H](C)C[C@@H]4OC(=O)C(=C)[C@@H]4CC(C)C)CC[C@@H]23)C[C@@H](O)[C@H](CCCO)[C@@H]1O. The molecule has 0 spiro atoms. The van der Waals surface area contributed by atoms with Crippen molar-refractivity contribution in [3.63, 3.8) is 0 Å². The molecule has 3 saturated carbocycles. The van der Waals surface area contributed by atoms with Crippen molar-refractivity contribution >= 4 is 5.97 Å². The van der Waals surface area contributed by atoms with Crippen molar-refractivity contribution in [2.45, 2.75) is 110 Å². The zero-order valence-electron chi connectivity index (χ0n) is 24.7. The van der Waals surface area contributed by atoms with Crippen molar-refractivity contribution in [1.29, 1.82) is 0 Å². The minimum absolute atomic E-state index is 0.0511. The first-order valence-electron chi connectivity index (χ1n) is 15.4. The van der Waals surface area contributed by atoms with Crippen molar-refractivity contribution in [1.82, 2.24) is 0 Å². The van der Waals surface area contributed by atoms with Crippen molar-refractivity contribution in [3.8, 4) is 0 Å². The number of cyclic esters (lactones) is 1. The standard InChI is InChI=1S/C34H52O5/c1-20(2)17-27-23(5)33(38)39-31(27)18-21(3)28-13-14-29-24(9-7-15-34(28,29)6)11-12-25-19-30(36)26(10-8-16-35)32(37)22(25)4/h11-12,20-21,26-32,35-37H,4-5,7-10,13-19H2,1-3,6H3/t21-,26+,27+,28-,29+,30-,31+,32-,34-/m1/s1. The highest BCUT2D eigenvalue weighted by molar-refractivity contribution is 5.90. The number of hydrogen-bond acceptors (Lipinski definition) is 5. The largest absolute Gasteiger partial charge is 0.458 e. The van der Waals surface area contributed by atoms with Crippen molar-refractivity contribution in [3.05, 3.63) is 47.6 Å². The number of esters is 1. The van der Waals surface area contributed by atoms with Crippen LogP contribution in [-0.4, -0.2) is 46.2 Å². The second-order valence-corrected chi connectivity index (χ2v) is 13.7. The van der Waals surface area contributed by atoms with Gasteiger partial charge in [0, 0.05) is 24.0 Å². The molecule has 0 bridgehead atoms. The number of fused-ring (bicyclic) bond motifs is 1. The molecule has 0 aromatic rings. The van der Waals surface area contributed by atoms with Crippen LogP contribution in [0.2, 0.25) is 0 Å². The van der Waals surface area contributed by atoms with Gasteiger partial charge in [-0.3, -0.25) is 0 Å². The van der Waals surface area contributed by atoms with Gasteiger partial charge in [-0.25, -0.2) is 4.79 Å². The summed E-state index contributed by atoms with van der Waals surface area (Å²) in [4.78, 5) is 12.4. The molecule has 5 heteroatoms. The van der Waals surface area contributed by atoms with Crippen LogP contribution in [0.5, 0.6) is 0 Å². The Morgan fingerprint density at radius 3 is 2.54 bits per heavy atom. The van der Waals surface area contributed by atoms with Crippen LogP contribution in [0, 0.1) is 40.9 Å². The maximum Gasteiger partial charge on any atom is 0.334 e. The molecule has 218 valence electrons. The Balaban J connectivity index is 1.46. The molecule has 0 aromatic heterocycles. The van der Waals surface area contributed by atoms with Gasteiger partial charge in [0.1, 0.15) is 6.10 Å². The molecule has 0 radical (unpaired) electrons. The van der Waals surface area contributed by atoms with Gasteiger partial charge < -0.3 is 20.1 Å². The number of allylic oxidation sites excluding steroid dienone is 3. The molecule has 3 N–H and O–H groups in total. The molecule has 0 aromatic carbocycles. The summed E-state index contributed by atoms with van der Waals surface area (Å²) in [6.45, 7) is 17.5.